The maximum absolute atomic E-state index is 12.2. The van der Waals surface area contributed by atoms with Crippen LogP contribution >= 0.6 is 11.8 Å². The number of hydrogen-bond donors (Lipinski definition) is 1. The van der Waals surface area contributed by atoms with Gasteiger partial charge >= 0.3 is 0 Å². The minimum atomic E-state index is -0.382. The van der Waals surface area contributed by atoms with Crippen LogP contribution in [0.2, 0.25) is 0 Å². The molecule has 23 heavy (non-hydrogen) atoms. The highest BCUT2D eigenvalue weighted by molar-refractivity contribution is 8.00. The van der Waals surface area contributed by atoms with Crippen molar-refractivity contribution in [2.24, 2.45) is 0 Å². The smallest absolute Gasteiger partial charge is 0.269 e. The highest BCUT2D eigenvalue weighted by atomic mass is 32.2. The summed E-state index contributed by atoms with van der Waals surface area (Å²) in [5, 5.41) is 10.9. The number of nitro groups is 1. The van der Waals surface area contributed by atoms with Crippen molar-refractivity contribution < 1.29 is 14.6 Å². The maximum Gasteiger partial charge on any atom is 0.269 e. The molecular weight excluding hydrogens is 314 g/mol. The van der Waals surface area contributed by atoms with E-state index in [9.17, 15) is 14.9 Å². The summed E-state index contributed by atoms with van der Waals surface area (Å²) in [7, 11) is 0. The Morgan fingerprint density at radius 3 is 2.83 bits per heavy atom. The largest absolute Gasteiger partial charge is 0.333 e. The fraction of sp³-hybridized carbons (Fsp3) is 0.562. The number of carbonyl (C=O) groups is 1. The molecule has 2 aliphatic rings. The number of nitro benzene ring substituents is 1. The van der Waals surface area contributed by atoms with E-state index >= 15 is 0 Å². The Kier molecular flexibility index (Phi) is 5.17. The van der Waals surface area contributed by atoms with Gasteiger partial charge in [-0.2, -0.15) is 0 Å². The van der Waals surface area contributed by atoms with Crippen LogP contribution in [-0.2, 0) is 4.79 Å². The fourth-order valence-electron chi connectivity index (χ4n) is 3.34. The molecule has 2 fully saturated rings. The minimum Gasteiger partial charge on any atom is -0.333 e. The molecule has 1 atom stereocenters. The molecule has 0 unspecified atom stereocenters. The standard InChI is InChI=1S/C16H21N3O3S/c20-15-12-23-16(13-5-4-6-14(11-13)19(21)22)18(15)10-9-17-7-2-1-3-8-17/h4-6,11,16H,1-3,7-10,12H2/p+1/t16-/m0/s1. The summed E-state index contributed by atoms with van der Waals surface area (Å²) >= 11 is 1.56. The molecule has 0 aromatic heterocycles. The van der Waals surface area contributed by atoms with Crippen molar-refractivity contribution in [3.05, 3.63) is 39.9 Å². The van der Waals surface area contributed by atoms with E-state index in [0.717, 1.165) is 18.7 Å². The van der Waals surface area contributed by atoms with Gasteiger partial charge in [0.05, 0.1) is 36.9 Å². The molecule has 3 rings (SSSR count). The summed E-state index contributed by atoms with van der Waals surface area (Å²) in [4.78, 5) is 26.3. The molecule has 2 aliphatic heterocycles. The first kappa shape index (κ1) is 16.3. The van der Waals surface area contributed by atoms with Crippen molar-refractivity contribution in [1.29, 1.82) is 0 Å². The predicted molar refractivity (Wildman–Crippen MR) is 89.4 cm³/mol. The third-order valence-corrected chi connectivity index (χ3v) is 5.86. The Morgan fingerprint density at radius 2 is 2.09 bits per heavy atom. The van der Waals surface area contributed by atoms with Crippen LogP contribution in [0.5, 0.6) is 0 Å². The predicted octanol–water partition coefficient (Wildman–Crippen LogP) is 1.24. The molecule has 124 valence electrons. The number of piperidine rings is 1. The molecule has 1 aromatic rings. The summed E-state index contributed by atoms with van der Waals surface area (Å²) < 4.78 is 0. The first-order valence-corrected chi connectivity index (χ1v) is 9.19. The number of benzene rings is 1. The van der Waals surface area contributed by atoms with Crippen molar-refractivity contribution >= 4 is 23.4 Å². The lowest BCUT2D eigenvalue weighted by molar-refractivity contribution is -0.904. The van der Waals surface area contributed by atoms with Crippen LogP contribution in [0.25, 0.3) is 0 Å². The van der Waals surface area contributed by atoms with Gasteiger partial charge in [-0.15, -0.1) is 11.8 Å². The monoisotopic (exact) mass is 336 g/mol. The van der Waals surface area contributed by atoms with Gasteiger partial charge in [-0.3, -0.25) is 14.9 Å². The number of hydrogen-bond acceptors (Lipinski definition) is 4. The zero-order chi connectivity index (χ0) is 16.2. The minimum absolute atomic E-state index is 0.0871. The van der Waals surface area contributed by atoms with E-state index in [4.69, 9.17) is 0 Å². The topological polar surface area (TPSA) is 67.9 Å². The van der Waals surface area contributed by atoms with Crippen LogP contribution in [0, 0.1) is 10.1 Å². The molecule has 0 aliphatic carbocycles. The Hall–Kier alpha value is -1.60. The molecule has 0 spiro atoms. The van der Waals surface area contributed by atoms with Crippen LogP contribution in [-0.4, -0.2) is 47.7 Å². The number of nitrogens with zero attached hydrogens (tertiary/aromatic N) is 2. The van der Waals surface area contributed by atoms with Crippen LogP contribution in [0.3, 0.4) is 0 Å². The van der Waals surface area contributed by atoms with E-state index < -0.39 is 0 Å². The van der Waals surface area contributed by atoms with Gasteiger partial charge in [0.1, 0.15) is 5.37 Å². The number of quaternary nitrogens is 1. The Morgan fingerprint density at radius 1 is 1.30 bits per heavy atom. The average Bonchev–Trinajstić information content (AvgIpc) is 2.95. The lowest BCUT2D eigenvalue weighted by atomic mass is 10.1. The van der Waals surface area contributed by atoms with Crippen LogP contribution < -0.4 is 4.90 Å². The van der Waals surface area contributed by atoms with E-state index in [1.54, 1.807) is 28.8 Å². The lowest BCUT2D eigenvalue weighted by Gasteiger charge is -2.28. The van der Waals surface area contributed by atoms with Crippen molar-refractivity contribution in [2.45, 2.75) is 24.6 Å². The van der Waals surface area contributed by atoms with Crippen molar-refractivity contribution in [3.8, 4) is 0 Å². The Labute approximate surface area is 140 Å². The van der Waals surface area contributed by atoms with Gasteiger partial charge in [0.15, 0.2) is 0 Å². The third kappa shape index (κ3) is 3.84. The summed E-state index contributed by atoms with van der Waals surface area (Å²) in [6.07, 6.45) is 3.86. The maximum atomic E-state index is 12.2. The average molecular weight is 336 g/mol. The summed E-state index contributed by atoms with van der Waals surface area (Å²) in [5.74, 6) is 0.603. The number of carbonyl (C=O) groups excluding carboxylic acids is 1. The second-order valence-corrected chi connectivity index (χ2v) is 7.23. The molecule has 6 nitrogen and oxygen atoms in total. The highest BCUT2D eigenvalue weighted by Gasteiger charge is 2.34. The second kappa shape index (κ2) is 7.31. The Balaban J connectivity index is 1.69. The summed E-state index contributed by atoms with van der Waals surface area (Å²) in [6, 6.07) is 6.67. The number of rotatable bonds is 5. The molecule has 7 heteroatoms. The quantitative estimate of drug-likeness (QED) is 0.649. The first-order valence-electron chi connectivity index (χ1n) is 8.14. The van der Waals surface area contributed by atoms with Gasteiger partial charge in [-0.25, -0.2) is 0 Å². The van der Waals surface area contributed by atoms with Gasteiger partial charge < -0.3 is 9.80 Å². The number of amides is 1. The zero-order valence-electron chi connectivity index (χ0n) is 13.1. The third-order valence-electron chi connectivity index (χ3n) is 4.60. The van der Waals surface area contributed by atoms with E-state index in [2.05, 4.69) is 0 Å². The zero-order valence-corrected chi connectivity index (χ0v) is 13.9. The van der Waals surface area contributed by atoms with Gasteiger partial charge in [0, 0.05) is 12.1 Å². The van der Waals surface area contributed by atoms with Gasteiger partial charge in [-0.05, 0) is 24.8 Å². The molecule has 0 bridgehead atoms. The molecule has 1 amide bonds. The first-order chi connectivity index (χ1) is 11.1. The van der Waals surface area contributed by atoms with E-state index in [0.29, 0.717) is 5.75 Å². The normalized spacial score (nSPS) is 22.5. The van der Waals surface area contributed by atoms with Crippen molar-refractivity contribution in [3.63, 3.8) is 0 Å². The van der Waals surface area contributed by atoms with Crippen molar-refractivity contribution in [2.75, 3.05) is 31.9 Å². The Bertz CT molecular complexity index is 590. The molecule has 0 saturated carbocycles. The lowest BCUT2D eigenvalue weighted by Crippen LogP contribution is -3.13. The van der Waals surface area contributed by atoms with Crippen LogP contribution in [0.4, 0.5) is 5.69 Å². The summed E-state index contributed by atoms with van der Waals surface area (Å²) in [6.45, 7) is 4.08. The number of likely N-dealkylation sites (tertiary alicyclic amines) is 1. The van der Waals surface area contributed by atoms with Gasteiger partial charge in [-0.1, -0.05) is 12.1 Å². The van der Waals surface area contributed by atoms with E-state index in [1.807, 2.05) is 11.0 Å². The van der Waals surface area contributed by atoms with E-state index in [1.165, 1.54) is 38.4 Å². The van der Waals surface area contributed by atoms with Crippen LogP contribution in [0.15, 0.2) is 24.3 Å². The van der Waals surface area contributed by atoms with Crippen molar-refractivity contribution in [1.82, 2.24) is 4.90 Å². The number of nitrogens with one attached hydrogen (secondary N) is 1. The fourth-order valence-corrected chi connectivity index (χ4v) is 4.55. The molecule has 2 heterocycles. The molecule has 1 aromatic carbocycles. The van der Waals surface area contributed by atoms with Crippen LogP contribution in [0.1, 0.15) is 30.2 Å². The molecule has 0 radical (unpaired) electrons. The summed E-state index contributed by atoms with van der Waals surface area (Å²) in [5.41, 5.74) is 0.938. The molecule has 1 N–H and O–H groups in total. The number of thioether (sulfide) groups is 1. The molecule has 2 saturated heterocycles. The van der Waals surface area contributed by atoms with Gasteiger partial charge in [0.2, 0.25) is 5.91 Å². The van der Waals surface area contributed by atoms with E-state index in [-0.39, 0.29) is 21.9 Å². The highest BCUT2D eigenvalue weighted by Crippen LogP contribution is 2.39. The molecular formula is C16H22N3O3S+. The SMILES string of the molecule is O=C1CS[C@@H](c2cccc([N+](=O)[O-])c2)N1CC[NH+]1CCCCC1. The number of non-ortho nitro benzene ring substituents is 1. The van der Waals surface area contributed by atoms with Gasteiger partial charge in [0.25, 0.3) is 5.69 Å². The second-order valence-electron chi connectivity index (χ2n) is 6.16.